The van der Waals surface area contributed by atoms with Gasteiger partial charge in [0, 0.05) is 19.6 Å². The molecule has 4 heteroatoms. The Morgan fingerprint density at radius 1 is 1.32 bits per heavy atom. The average molecular weight is 263 g/mol. The first kappa shape index (κ1) is 14.2. The van der Waals surface area contributed by atoms with Gasteiger partial charge in [0.15, 0.2) is 0 Å². The van der Waals surface area contributed by atoms with Crippen LogP contribution < -0.4 is 15.8 Å². The second kappa shape index (κ2) is 7.36. The molecule has 0 saturated carbocycles. The predicted octanol–water partition coefficient (Wildman–Crippen LogP) is 1.78. The number of nitrogens with zero attached hydrogens (tertiary/aromatic N) is 1. The Labute approximate surface area is 115 Å². The smallest absolute Gasteiger partial charge is 0.141 e. The molecule has 0 radical (unpaired) electrons. The zero-order valence-corrected chi connectivity index (χ0v) is 11.8. The van der Waals surface area contributed by atoms with Crippen molar-refractivity contribution in [1.82, 2.24) is 4.90 Å². The third-order valence-corrected chi connectivity index (χ3v) is 3.84. The fraction of sp³-hybridized carbons (Fsp3) is 0.600. The van der Waals surface area contributed by atoms with Gasteiger partial charge in [0.05, 0.1) is 12.8 Å². The summed E-state index contributed by atoms with van der Waals surface area (Å²) in [4.78, 5) is 2.46. The highest BCUT2D eigenvalue weighted by atomic mass is 16.5. The van der Waals surface area contributed by atoms with Crippen molar-refractivity contribution in [2.75, 3.05) is 45.2 Å². The SMILES string of the molecule is COc1ccccc1NCC1CCN(CCN)CC1. The standard InChI is InChI=1S/C15H25N3O/c1-19-15-5-3-2-4-14(15)17-12-13-6-9-18(10-7-13)11-8-16/h2-5,13,17H,6-12,16H2,1H3. The minimum Gasteiger partial charge on any atom is -0.495 e. The number of anilines is 1. The molecule has 1 aromatic rings. The van der Waals surface area contributed by atoms with Gasteiger partial charge in [-0.2, -0.15) is 0 Å². The van der Waals surface area contributed by atoms with Crippen LogP contribution in [-0.2, 0) is 0 Å². The summed E-state index contributed by atoms with van der Waals surface area (Å²) in [5, 5.41) is 3.51. The normalized spacial score (nSPS) is 17.4. The number of hydrogen-bond acceptors (Lipinski definition) is 4. The van der Waals surface area contributed by atoms with Crippen molar-refractivity contribution in [2.24, 2.45) is 11.7 Å². The second-order valence-corrected chi connectivity index (χ2v) is 5.15. The molecule has 0 aromatic heterocycles. The van der Waals surface area contributed by atoms with Gasteiger partial charge in [-0.25, -0.2) is 0 Å². The van der Waals surface area contributed by atoms with Crippen LogP contribution >= 0.6 is 0 Å². The summed E-state index contributed by atoms with van der Waals surface area (Å²) in [5.74, 6) is 1.67. The van der Waals surface area contributed by atoms with Crippen molar-refractivity contribution in [3.05, 3.63) is 24.3 Å². The van der Waals surface area contributed by atoms with E-state index in [1.54, 1.807) is 7.11 Å². The lowest BCUT2D eigenvalue weighted by Crippen LogP contribution is -2.38. The maximum Gasteiger partial charge on any atom is 0.141 e. The number of ether oxygens (including phenoxy) is 1. The van der Waals surface area contributed by atoms with Gasteiger partial charge in [0.2, 0.25) is 0 Å². The average Bonchev–Trinajstić information content (AvgIpc) is 2.47. The number of hydrogen-bond donors (Lipinski definition) is 2. The molecular formula is C15H25N3O. The van der Waals surface area contributed by atoms with Crippen LogP contribution in [0.15, 0.2) is 24.3 Å². The molecule has 1 aromatic carbocycles. The largest absolute Gasteiger partial charge is 0.495 e. The summed E-state index contributed by atoms with van der Waals surface area (Å²) >= 11 is 0. The number of para-hydroxylation sites is 2. The van der Waals surface area contributed by atoms with Crippen LogP contribution in [-0.4, -0.2) is 44.7 Å². The summed E-state index contributed by atoms with van der Waals surface area (Å²) in [5.41, 5.74) is 6.68. The van der Waals surface area contributed by atoms with Crippen molar-refractivity contribution in [2.45, 2.75) is 12.8 Å². The summed E-state index contributed by atoms with van der Waals surface area (Å²) < 4.78 is 5.35. The highest BCUT2D eigenvalue weighted by molar-refractivity contribution is 5.56. The van der Waals surface area contributed by atoms with Crippen LogP contribution in [0.3, 0.4) is 0 Å². The molecule has 1 aliphatic heterocycles. The van der Waals surface area contributed by atoms with Gasteiger partial charge in [0.1, 0.15) is 5.75 Å². The molecule has 0 bridgehead atoms. The first-order valence-electron chi connectivity index (χ1n) is 7.12. The molecule has 0 aliphatic carbocycles. The molecular weight excluding hydrogens is 238 g/mol. The molecule has 0 unspecified atom stereocenters. The topological polar surface area (TPSA) is 50.5 Å². The fourth-order valence-electron chi connectivity index (χ4n) is 2.64. The van der Waals surface area contributed by atoms with Crippen molar-refractivity contribution in [1.29, 1.82) is 0 Å². The maximum absolute atomic E-state index is 5.59. The van der Waals surface area contributed by atoms with E-state index in [0.29, 0.717) is 0 Å². The molecule has 0 atom stereocenters. The van der Waals surface area contributed by atoms with Crippen molar-refractivity contribution in [3.63, 3.8) is 0 Å². The minimum absolute atomic E-state index is 0.749. The van der Waals surface area contributed by atoms with Gasteiger partial charge in [-0.3, -0.25) is 0 Å². The van der Waals surface area contributed by atoms with E-state index >= 15 is 0 Å². The van der Waals surface area contributed by atoms with Crippen molar-refractivity contribution < 1.29 is 4.74 Å². The molecule has 1 aliphatic rings. The summed E-state index contributed by atoms with van der Waals surface area (Å²) in [6, 6.07) is 8.10. The Bertz CT molecular complexity index is 375. The Kier molecular flexibility index (Phi) is 5.48. The molecule has 0 spiro atoms. The number of likely N-dealkylation sites (tertiary alicyclic amines) is 1. The predicted molar refractivity (Wildman–Crippen MR) is 79.7 cm³/mol. The highest BCUT2D eigenvalue weighted by Crippen LogP contribution is 2.24. The van der Waals surface area contributed by atoms with Crippen molar-refractivity contribution >= 4 is 5.69 Å². The van der Waals surface area contributed by atoms with E-state index in [0.717, 1.165) is 37.0 Å². The lowest BCUT2D eigenvalue weighted by molar-refractivity contribution is 0.194. The van der Waals surface area contributed by atoms with Gasteiger partial charge in [-0.05, 0) is 44.0 Å². The monoisotopic (exact) mass is 263 g/mol. The second-order valence-electron chi connectivity index (χ2n) is 5.15. The molecule has 3 N–H and O–H groups in total. The molecule has 2 rings (SSSR count). The zero-order chi connectivity index (χ0) is 13.5. The van der Waals surface area contributed by atoms with Crippen LogP contribution in [0.25, 0.3) is 0 Å². The van der Waals surface area contributed by atoms with E-state index in [1.807, 2.05) is 18.2 Å². The Balaban J connectivity index is 1.77. The number of nitrogens with one attached hydrogen (secondary N) is 1. The molecule has 1 heterocycles. The van der Waals surface area contributed by atoms with Gasteiger partial charge < -0.3 is 20.7 Å². The van der Waals surface area contributed by atoms with E-state index in [2.05, 4.69) is 16.3 Å². The molecule has 1 fully saturated rings. The van der Waals surface area contributed by atoms with E-state index < -0.39 is 0 Å². The number of piperidine rings is 1. The molecule has 1 saturated heterocycles. The first-order chi connectivity index (χ1) is 9.33. The number of methoxy groups -OCH3 is 1. The van der Waals surface area contributed by atoms with Gasteiger partial charge >= 0.3 is 0 Å². The Morgan fingerprint density at radius 2 is 2.05 bits per heavy atom. The van der Waals surface area contributed by atoms with Gasteiger partial charge in [-0.1, -0.05) is 12.1 Å². The van der Waals surface area contributed by atoms with Crippen LogP contribution in [0.4, 0.5) is 5.69 Å². The van der Waals surface area contributed by atoms with Crippen LogP contribution in [0.5, 0.6) is 5.75 Å². The highest BCUT2D eigenvalue weighted by Gasteiger charge is 2.18. The fourth-order valence-corrected chi connectivity index (χ4v) is 2.64. The van der Waals surface area contributed by atoms with E-state index in [-0.39, 0.29) is 0 Å². The summed E-state index contributed by atoms with van der Waals surface area (Å²) in [6.07, 6.45) is 2.50. The van der Waals surface area contributed by atoms with E-state index in [4.69, 9.17) is 10.5 Å². The van der Waals surface area contributed by atoms with Crippen LogP contribution in [0, 0.1) is 5.92 Å². The van der Waals surface area contributed by atoms with E-state index in [1.165, 1.54) is 25.9 Å². The first-order valence-corrected chi connectivity index (χ1v) is 7.12. The number of benzene rings is 1. The molecule has 19 heavy (non-hydrogen) atoms. The van der Waals surface area contributed by atoms with Gasteiger partial charge in [-0.15, -0.1) is 0 Å². The lowest BCUT2D eigenvalue weighted by atomic mass is 9.96. The van der Waals surface area contributed by atoms with Crippen LogP contribution in [0.1, 0.15) is 12.8 Å². The maximum atomic E-state index is 5.59. The quantitative estimate of drug-likeness (QED) is 0.821. The van der Waals surface area contributed by atoms with E-state index in [9.17, 15) is 0 Å². The van der Waals surface area contributed by atoms with Crippen molar-refractivity contribution in [3.8, 4) is 5.75 Å². The van der Waals surface area contributed by atoms with Gasteiger partial charge in [0.25, 0.3) is 0 Å². The zero-order valence-electron chi connectivity index (χ0n) is 11.8. The Morgan fingerprint density at radius 3 is 2.74 bits per heavy atom. The third-order valence-electron chi connectivity index (χ3n) is 3.84. The van der Waals surface area contributed by atoms with Crippen LogP contribution in [0.2, 0.25) is 0 Å². The number of rotatable bonds is 6. The summed E-state index contributed by atoms with van der Waals surface area (Å²) in [6.45, 7) is 5.18. The summed E-state index contributed by atoms with van der Waals surface area (Å²) in [7, 11) is 1.71. The lowest BCUT2D eigenvalue weighted by Gasteiger charge is -2.31. The molecule has 106 valence electrons. The molecule has 4 nitrogen and oxygen atoms in total. The Hall–Kier alpha value is -1.26. The minimum atomic E-state index is 0.749. The third kappa shape index (κ3) is 4.11. The number of nitrogens with two attached hydrogens (primary N) is 1. The molecule has 0 amide bonds.